The van der Waals surface area contributed by atoms with Crippen LogP contribution < -0.4 is 14.8 Å². The lowest BCUT2D eigenvalue weighted by Gasteiger charge is -2.18. The van der Waals surface area contributed by atoms with E-state index in [1.165, 1.54) is 0 Å². The Balaban J connectivity index is 2.36. The average Bonchev–Trinajstić information content (AvgIpc) is 2.48. The van der Waals surface area contributed by atoms with Crippen LogP contribution in [0.1, 0.15) is 25.5 Å². The van der Waals surface area contributed by atoms with Gasteiger partial charge in [0, 0.05) is 16.1 Å². The molecule has 2 rings (SSSR count). The van der Waals surface area contributed by atoms with E-state index in [0.29, 0.717) is 5.75 Å². The molecule has 112 valence electrons. The molecule has 1 atom stereocenters. The molecule has 21 heavy (non-hydrogen) atoms. The van der Waals surface area contributed by atoms with Gasteiger partial charge in [-0.15, -0.1) is 0 Å². The maximum atomic E-state index is 6.08. The molecular formula is C17H20BrNO2. The molecule has 0 radical (unpaired) electrons. The van der Waals surface area contributed by atoms with Gasteiger partial charge in [-0.1, -0.05) is 41.1 Å². The van der Waals surface area contributed by atoms with Crippen molar-refractivity contribution < 1.29 is 9.47 Å². The first-order valence-electron chi connectivity index (χ1n) is 6.99. The summed E-state index contributed by atoms with van der Waals surface area (Å²) < 4.78 is 12.4. The standard InChI is InChI=1S/C17H20BrNO2/c1-4-19-12(2)14-10-9-13(18)11-17(14)21-16-8-6-5-7-15(16)20-3/h5-12,19H,4H2,1-3H3. The van der Waals surface area contributed by atoms with Gasteiger partial charge in [0.05, 0.1) is 7.11 Å². The van der Waals surface area contributed by atoms with E-state index in [-0.39, 0.29) is 6.04 Å². The van der Waals surface area contributed by atoms with Crippen LogP contribution in [-0.2, 0) is 0 Å². The van der Waals surface area contributed by atoms with Crippen LogP contribution in [0.4, 0.5) is 0 Å². The second-order valence-corrected chi connectivity index (χ2v) is 5.63. The fourth-order valence-corrected chi connectivity index (χ4v) is 2.53. The number of hydrogen-bond acceptors (Lipinski definition) is 3. The van der Waals surface area contributed by atoms with Crippen LogP contribution in [0.5, 0.6) is 17.2 Å². The van der Waals surface area contributed by atoms with Crippen molar-refractivity contribution in [2.24, 2.45) is 0 Å². The smallest absolute Gasteiger partial charge is 0.169 e. The second kappa shape index (κ2) is 7.48. The summed E-state index contributed by atoms with van der Waals surface area (Å²) in [5.41, 5.74) is 1.12. The number of para-hydroxylation sites is 2. The zero-order valence-electron chi connectivity index (χ0n) is 12.5. The maximum Gasteiger partial charge on any atom is 0.169 e. The molecule has 0 amide bonds. The van der Waals surface area contributed by atoms with Gasteiger partial charge in [0.25, 0.3) is 0 Å². The summed E-state index contributed by atoms with van der Waals surface area (Å²) >= 11 is 3.50. The van der Waals surface area contributed by atoms with Crippen molar-refractivity contribution in [3.63, 3.8) is 0 Å². The number of ether oxygens (including phenoxy) is 2. The van der Waals surface area contributed by atoms with E-state index in [0.717, 1.165) is 28.1 Å². The summed E-state index contributed by atoms with van der Waals surface area (Å²) in [5.74, 6) is 2.25. The maximum absolute atomic E-state index is 6.08. The van der Waals surface area contributed by atoms with E-state index in [9.17, 15) is 0 Å². The molecule has 0 aliphatic heterocycles. The van der Waals surface area contributed by atoms with E-state index >= 15 is 0 Å². The third-order valence-electron chi connectivity index (χ3n) is 3.24. The topological polar surface area (TPSA) is 30.5 Å². The number of hydrogen-bond donors (Lipinski definition) is 1. The molecule has 2 aromatic carbocycles. The highest BCUT2D eigenvalue weighted by Gasteiger charge is 2.13. The Bertz CT molecular complexity index is 601. The van der Waals surface area contributed by atoms with Crippen molar-refractivity contribution in [2.45, 2.75) is 19.9 Å². The van der Waals surface area contributed by atoms with E-state index in [2.05, 4.69) is 41.2 Å². The molecule has 0 bridgehead atoms. The number of halogens is 1. The fourth-order valence-electron chi connectivity index (χ4n) is 2.19. The second-order valence-electron chi connectivity index (χ2n) is 4.71. The number of nitrogens with one attached hydrogen (secondary N) is 1. The Morgan fingerprint density at radius 3 is 2.48 bits per heavy atom. The van der Waals surface area contributed by atoms with Crippen LogP contribution in [0.2, 0.25) is 0 Å². The van der Waals surface area contributed by atoms with Crippen LogP contribution in [0.25, 0.3) is 0 Å². The van der Waals surface area contributed by atoms with E-state index in [1.807, 2.05) is 36.4 Å². The highest BCUT2D eigenvalue weighted by Crippen LogP contribution is 2.36. The predicted molar refractivity (Wildman–Crippen MR) is 89.3 cm³/mol. The molecule has 0 aliphatic carbocycles. The third kappa shape index (κ3) is 3.99. The van der Waals surface area contributed by atoms with Crippen molar-refractivity contribution in [2.75, 3.05) is 13.7 Å². The molecular weight excluding hydrogens is 330 g/mol. The van der Waals surface area contributed by atoms with Crippen molar-refractivity contribution >= 4 is 15.9 Å². The minimum absolute atomic E-state index is 0.216. The highest BCUT2D eigenvalue weighted by molar-refractivity contribution is 9.10. The Labute approximate surface area is 134 Å². The molecule has 0 saturated carbocycles. The van der Waals surface area contributed by atoms with Gasteiger partial charge in [0.1, 0.15) is 5.75 Å². The first-order valence-corrected chi connectivity index (χ1v) is 7.78. The lowest BCUT2D eigenvalue weighted by Crippen LogP contribution is -2.18. The van der Waals surface area contributed by atoms with Gasteiger partial charge in [-0.2, -0.15) is 0 Å². The van der Waals surface area contributed by atoms with E-state index in [4.69, 9.17) is 9.47 Å². The molecule has 2 aromatic rings. The summed E-state index contributed by atoms with van der Waals surface area (Å²) in [6.45, 7) is 5.13. The lowest BCUT2D eigenvalue weighted by molar-refractivity contribution is 0.376. The minimum Gasteiger partial charge on any atom is -0.493 e. The normalized spacial score (nSPS) is 12.0. The summed E-state index contributed by atoms with van der Waals surface area (Å²) in [6, 6.07) is 13.9. The van der Waals surface area contributed by atoms with Gasteiger partial charge in [-0.3, -0.25) is 0 Å². The minimum atomic E-state index is 0.216. The van der Waals surface area contributed by atoms with Crippen molar-refractivity contribution in [1.29, 1.82) is 0 Å². The van der Waals surface area contributed by atoms with Crippen LogP contribution in [-0.4, -0.2) is 13.7 Å². The molecule has 0 fully saturated rings. The molecule has 0 heterocycles. The van der Waals surface area contributed by atoms with Crippen LogP contribution in [0, 0.1) is 0 Å². The number of rotatable bonds is 6. The molecule has 0 spiro atoms. The lowest BCUT2D eigenvalue weighted by atomic mass is 10.1. The van der Waals surface area contributed by atoms with Crippen molar-refractivity contribution in [3.8, 4) is 17.2 Å². The SMILES string of the molecule is CCNC(C)c1ccc(Br)cc1Oc1ccccc1OC. The first kappa shape index (κ1) is 15.9. The van der Waals surface area contributed by atoms with Crippen LogP contribution >= 0.6 is 15.9 Å². The van der Waals surface area contributed by atoms with Gasteiger partial charge in [0.2, 0.25) is 0 Å². The molecule has 3 nitrogen and oxygen atoms in total. The average molecular weight is 350 g/mol. The number of benzene rings is 2. The van der Waals surface area contributed by atoms with Crippen LogP contribution in [0.3, 0.4) is 0 Å². The Kier molecular flexibility index (Phi) is 5.65. The summed E-state index contributed by atoms with van der Waals surface area (Å²) in [5, 5.41) is 3.41. The largest absolute Gasteiger partial charge is 0.493 e. The molecule has 0 aromatic heterocycles. The predicted octanol–water partition coefficient (Wildman–Crippen LogP) is 4.92. The quantitative estimate of drug-likeness (QED) is 0.802. The molecule has 0 aliphatic rings. The van der Waals surface area contributed by atoms with Gasteiger partial charge in [-0.25, -0.2) is 0 Å². The zero-order valence-corrected chi connectivity index (χ0v) is 14.1. The molecule has 1 N–H and O–H groups in total. The third-order valence-corrected chi connectivity index (χ3v) is 3.73. The fraction of sp³-hybridized carbons (Fsp3) is 0.294. The molecule has 4 heteroatoms. The summed E-state index contributed by atoms with van der Waals surface area (Å²) in [7, 11) is 1.64. The van der Waals surface area contributed by atoms with Gasteiger partial charge in [0.15, 0.2) is 11.5 Å². The molecule has 0 saturated heterocycles. The summed E-state index contributed by atoms with van der Waals surface area (Å²) in [6.07, 6.45) is 0. The Hall–Kier alpha value is -1.52. The molecule has 1 unspecified atom stereocenters. The van der Waals surface area contributed by atoms with E-state index < -0.39 is 0 Å². The Morgan fingerprint density at radius 1 is 1.10 bits per heavy atom. The van der Waals surface area contributed by atoms with Gasteiger partial charge in [-0.05, 0) is 37.7 Å². The van der Waals surface area contributed by atoms with Gasteiger partial charge >= 0.3 is 0 Å². The first-order chi connectivity index (χ1) is 10.2. The summed E-state index contributed by atoms with van der Waals surface area (Å²) in [4.78, 5) is 0. The van der Waals surface area contributed by atoms with Crippen molar-refractivity contribution in [3.05, 3.63) is 52.5 Å². The zero-order chi connectivity index (χ0) is 15.2. The highest BCUT2D eigenvalue weighted by atomic mass is 79.9. The number of methoxy groups -OCH3 is 1. The monoisotopic (exact) mass is 349 g/mol. The van der Waals surface area contributed by atoms with Gasteiger partial charge < -0.3 is 14.8 Å². The van der Waals surface area contributed by atoms with Crippen LogP contribution in [0.15, 0.2) is 46.9 Å². The Morgan fingerprint density at radius 2 is 1.81 bits per heavy atom. The van der Waals surface area contributed by atoms with E-state index in [1.54, 1.807) is 7.11 Å². The van der Waals surface area contributed by atoms with Crippen molar-refractivity contribution in [1.82, 2.24) is 5.32 Å².